The van der Waals surface area contributed by atoms with E-state index in [-0.39, 0.29) is 25.7 Å². The fraction of sp³-hybridized carbons (Fsp3) is 0.905. The number of allylic oxidation sites excluding steroid dienone is 4. The molecule has 2 unspecified atom stereocenters. The lowest BCUT2D eigenvalue weighted by Gasteiger charge is -2.21. The Morgan fingerprint density at radius 1 is 0.301 bits per heavy atom. The Kier molecular flexibility index (Phi) is 74.5. The summed E-state index contributed by atoms with van der Waals surface area (Å²) in [6, 6.07) is 0. The predicted molar refractivity (Wildman–Crippen MR) is 423 cm³/mol. The molecule has 3 N–H and O–H groups in total. The highest BCUT2D eigenvalue weighted by Gasteiger charge is 2.30. The molecule has 0 heterocycles. The number of rotatable bonds is 82. The summed E-state index contributed by atoms with van der Waals surface area (Å²) in [5, 5.41) is 10.7. The number of phosphoric acid groups is 2. The van der Waals surface area contributed by atoms with Gasteiger partial charge in [0.1, 0.15) is 19.3 Å². The number of carbonyl (C=O) groups excluding carboxylic acids is 4. The molecule has 0 rings (SSSR count). The summed E-state index contributed by atoms with van der Waals surface area (Å²) >= 11 is 0. The van der Waals surface area contributed by atoms with Gasteiger partial charge in [0, 0.05) is 25.7 Å². The topological polar surface area (TPSA) is 237 Å². The molecule has 0 aliphatic carbocycles. The Bertz CT molecular complexity index is 2060. The van der Waals surface area contributed by atoms with Crippen LogP contribution in [0.15, 0.2) is 24.3 Å². The molecule has 5 atom stereocenters. The molecule has 0 radical (unpaired) electrons. The second-order valence-electron chi connectivity index (χ2n) is 30.0. The van der Waals surface area contributed by atoms with E-state index in [0.717, 1.165) is 109 Å². The van der Waals surface area contributed by atoms with Gasteiger partial charge in [-0.1, -0.05) is 374 Å². The first-order chi connectivity index (χ1) is 50.0. The van der Waals surface area contributed by atoms with Crippen LogP contribution in [0, 0.1) is 5.92 Å². The van der Waals surface area contributed by atoms with Crippen molar-refractivity contribution >= 4 is 39.5 Å². The van der Waals surface area contributed by atoms with E-state index in [1.54, 1.807) is 0 Å². The third kappa shape index (κ3) is 77.5. The third-order valence-electron chi connectivity index (χ3n) is 19.2. The highest BCUT2D eigenvalue weighted by Crippen LogP contribution is 2.45. The van der Waals surface area contributed by atoms with Gasteiger partial charge in [-0.05, 0) is 57.3 Å². The molecule has 0 aliphatic heterocycles. The van der Waals surface area contributed by atoms with Gasteiger partial charge in [-0.15, -0.1) is 0 Å². The van der Waals surface area contributed by atoms with Crippen molar-refractivity contribution < 1.29 is 80.2 Å². The number of unbranched alkanes of at least 4 members (excludes halogenated alkanes) is 51. The van der Waals surface area contributed by atoms with E-state index in [9.17, 15) is 43.2 Å². The number of ether oxygens (including phenoxy) is 4. The van der Waals surface area contributed by atoms with Gasteiger partial charge in [0.05, 0.1) is 26.4 Å². The summed E-state index contributed by atoms with van der Waals surface area (Å²) in [6.07, 6.45) is 71.5. The van der Waals surface area contributed by atoms with Gasteiger partial charge in [0.2, 0.25) is 0 Å². The van der Waals surface area contributed by atoms with E-state index in [2.05, 4.69) is 58.9 Å². The predicted octanol–water partition coefficient (Wildman–Crippen LogP) is 25.1. The zero-order chi connectivity index (χ0) is 75.5. The van der Waals surface area contributed by atoms with Crippen molar-refractivity contribution in [2.75, 3.05) is 39.6 Å². The number of aliphatic hydroxyl groups excluding tert-OH is 1. The van der Waals surface area contributed by atoms with Crippen LogP contribution in [-0.2, 0) is 65.4 Å². The second-order valence-corrected chi connectivity index (χ2v) is 32.9. The molecule has 0 aromatic rings. The maximum absolute atomic E-state index is 13.1. The van der Waals surface area contributed by atoms with Crippen molar-refractivity contribution in [3.05, 3.63) is 24.3 Å². The van der Waals surface area contributed by atoms with Gasteiger partial charge in [-0.2, -0.15) is 0 Å². The van der Waals surface area contributed by atoms with Crippen molar-refractivity contribution in [3.63, 3.8) is 0 Å². The average Bonchev–Trinajstić information content (AvgIpc) is 0.924. The Morgan fingerprint density at radius 3 is 0.796 bits per heavy atom. The zero-order valence-corrected chi connectivity index (χ0v) is 68.7. The van der Waals surface area contributed by atoms with Crippen LogP contribution in [-0.4, -0.2) is 96.7 Å². The van der Waals surface area contributed by atoms with E-state index >= 15 is 0 Å². The molecular formula is C84H160O17P2. The number of hydrogen-bond acceptors (Lipinski definition) is 15. The Labute approximate surface area is 631 Å². The molecule has 0 spiro atoms. The summed E-state index contributed by atoms with van der Waals surface area (Å²) in [4.78, 5) is 73.1. The first-order valence-corrected chi connectivity index (χ1v) is 45.9. The summed E-state index contributed by atoms with van der Waals surface area (Å²) in [7, 11) is -9.94. The molecule has 0 amide bonds. The summed E-state index contributed by atoms with van der Waals surface area (Å²) in [5.74, 6) is -1.33. The largest absolute Gasteiger partial charge is 0.472 e. The molecule has 103 heavy (non-hydrogen) atoms. The van der Waals surface area contributed by atoms with Crippen LogP contribution < -0.4 is 0 Å². The Balaban J connectivity index is 5.27. The van der Waals surface area contributed by atoms with E-state index in [1.807, 2.05) is 0 Å². The van der Waals surface area contributed by atoms with Crippen molar-refractivity contribution in [1.82, 2.24) is 0 Å². The molecule has 0 bridgehead atoms. The van der Waals surface area contributed by atoms with Crippen LogP contribution in [0.4, 0.5) is 0 Å². The molecule has 0 saturated carbocycles. The highest BCUT2D eigenvalue weighted by molar-refractivity contribution is 7.47. The van der Waals surface area contributed by atoms with E-state index in [4.69, 9.17) is 37.0 Å². The van der Waals surface area contributed by atoms with Crippen molar-refractivity contribution in [3.8, 4) is 0 Å². The number of esters is 4. The minimum absolute atomic E-state index is 0.0857. The summed E-state index contributed by atoms with van der Waals surface area (Å²) < 4.78 is 68.8. The van der Waals surface area contributed by atoms with Crippen LogP contribution in [0.3, 0.4) is 0 Å². The van der Waals surface area contributed by atoms with Gasteiger partial charge >= 0.3 is 39.5 Å². The van der Waals surface area contributed by atoms with Gasteiger partial charge in [-0.25, -0.2) is 9.13 Å². The fourth-order valence-electron chi connectivity index (χ4n) is 12.6. The maximum atomic E-state index is 13.1. The number of aliphatic hydroxyl groups is 1. The Morgan fingerprint density at radius 2 is 0.524 bits per heavy atom. The lowest BCUT2D eigenvalue weighted by molar-refractivity contribution is -0.161. The van der Waals surface area contributed by atoms with Gasteiger partial charge < -0.3 is 33.8 Å². The van der Waals surface area contributed by atoms with Crippen LogP contribution >= 0.6 is 15.6 Å². The quantitative estimate of drug-likeness (QED) is 0.0169. The lowest BCUT2D eigenvalue weighted by atomic mass is 10.0. The van der Waals surface area contributed by atoms with Crippen LogP contribution in [0.2, 0.25) is 0 Å². The molecule has 17 nitrogen and oxygen atoms in total. The zero-order valence-electron chi connectivity index (χ0n) is 66.9. The summed E-state index contributed by atoms with van der Waals surface area (Å²) in [5.41, 5.74) is 0. The third-order valence-corrected chi connectivity index (χ3v) is 21.1. The van der Waals surface area contributed by atoms with E-state index in [0.29, 0.717) is 25.7 Å². The minimum atomic E-state index is -4.97. The molecule has 19 heteroatoms. The number of phosphoric ester groups is 2. The fourth-order valence-corrected chi connectivity index (χ4v) is 14.2. The van der Waals surface area contributed by atoms with Crippen LogP contribution in [0.5, 0.6) is 0 Å². The highest BCUT2D eigenvalue weighted by atomic mass is 31.2. The van der Waals surface area contributed by atoms with Crippen molar-refractivity contribution in [2.24, 2.45) is 5.92 Å². The molecule has 0 aromatic heterocycles. The molecule has 608 valence electrons. The monoisotopic (exact) mass is 1500 g/mol. The SMILES string of the molecule is CCCCCC/C=C\C=C/CCCCCCCC(=O)O[C@H](COC(=O)CCCCCCCCCCCCC)COP(=O)(O)OC[C@H](O)COP(=O)(O)OC[C@@H](COC(=O)CCCCCCCCCCCCCCCCC(C)C)OC(=O)CCCCCCCCCCCCCCCCCCCCCC. The average molecular weight is 1500 g/mol. The van der Waals surface area contributed by atoms with Crippen LogP contribution in [0.25, 0.3) is 0 Å². The standard InChI is InChI=1S/C84H160O17P2/c1-6-9-12-15-18-21-24-26-28-29-30-31-32-34-40-45-50-55-60-65-70-84(89)101-80(74-95-82(87)68-63-58-53-48-43-38-36-35-37-42-46-51-56-61-66-77(4)5)76-99-103(92,93)97-72-78(85)71-96-102(90,91)98-75-79(73-94-81(86)67-62-57-52-47-41-23-20-17-14-11-8-3)100-83(88)69-64-59-54-49-44-39-33-27-25-22-19-16-13-10-7-2/h22,25,27,33,77-80,85H,6-21,23-24,26,28-32,34-76H2,1-5H3,(H,90,91)(H,92,93)/b25-22-,33-27-/t78-,79+,80+/m0/s1. The smallest absolute Gasteiger partial charge is 0.462 e. The van der Waals surface area contributed by atoms with Gasteiger partial charge in [0.25, 0.3) is 0 Å². The molecule has 0 aliphatic rings. The molecular weight excluding hydrogens is 1340 g/mol. The lowest BCUT2D eigenvalue weighted by Crippen LogP contribution is -2.30. The minimum Gasteiger partial charge on any atom is -0.462 e. The number of carbonyl (C=O) groups is 4. The first kappa shape index (κ1) is 101. The first-order valence-electron chi connectivity index (χ1n) is 43.0. The van der Waals surface area contributed by atoms with Crippen LogP contribution in [0.1, 0.15) is 426 Å². The maximum Gasteiger partial charge on any atom is 0.472 e. The number of hydrogen-bond donors (Lipinski definition) is 3. The van der Waals surface area contributed by atoms with Crippen molar-refractivity contribution in [1.29, 1.82) is 0 Å². The van der Waals surface area contributed by atoms with E-state index in [1.165, 1.54) is 238 Å². The summed E-state index contributed by atoms with van der Waals surface area (Å²) in [6.45, 7) is 7.30. The second kappa shape index (κ2) is 76.3. The molecule has 0 fully saturated rings. The molecule has 0 aromatic carbocycles. The van der Waals surface area contributed by atoms with Gasteiger partial charge in [0.15, 0.2) is 12.2 Å². The molecule has 0 saturated heterocycles. The van der Waals surface area contributed by atoms with Gasteiger partial charge in [-0.3, -0.25) is 37.3 Å². The van der Waals surface area contributed by atoms with E-state index < -0.39 is 97.5 Å². The normalized spacial score (nSPS) is 14.0. The Hall–Kier alpha value is -2.46. The van der Waals surface area contributed by atoms with Crippen molar-refractivity contribution in [2.45, 2.75) is 445 Å².